The molecule has 1 aliphatic rings. The monoisotopic (exact) mass is 278 g/mol. The summed E-state index contributed by atoms with van der Waals surface area (Å²) in [6.07, 6.45) is -1.19. The van der Waals surface area contributed by atoms with Crippen LogP contribution in [0.2, 0.25) is 0 Å². The van der Waals surface area contributed by atoms with Gasteiger partial charge < -0.3 is 15.0 Å². The molecule has 0 atom stereocenters. The second-order valence-corrected chi connectivity index (χ2v) is 4.23. The van der Waals surface area contributed by atoms with Gasteiger partial charge in [-0.15, -0.1) is 13.2 Å². The van der Waals surface area contributed by atoms with Crippen molar-refractivity contribution in [1.82, 2.24) is 4.57 Å². The van der Waals surface area contributed by atoms with Gasteiger partial charge in [-0.2, -0.15) is 0 Å². The second kappa shape index (κ2) is 5.12. The molecule has 0 aromatic carbocycles. The third-order valence-corrected chi connectivity index (χ3v) is 2.60. The Morgan fingerprint density at radius 1 is 1.42 bits per heavy atom. The maximum Gasteiger partial charge on any atom is 0.522 e. The predicted octanol–water partition coefficient (Wildman–Crippen LogP) is 2.10. The van der Waals surface area contributed by atoms with Gasteiger partial charge in [0.1, 0.15) is 12.3 Å². The van der Waals surface area contributed by atoms with Crippen LogP contribution in [0.4, 0.5) is 18.9 Å². The Hall–Kier alpha value is -1.70. The van der Waals surface area contributed by atoms with Gasteiger partial charge in [-0.3, -0.25) is 4.74 Å². The van der Waals surface area contributed by atoms with Gasteiger partial charge in [0.25, 0.3) is 0 Å². The lowest BCUT2D eigenvalue weighted by Gasteiger charge is -2.09. The van der Waals surface area contributed by atoms with Crippen LogP contribution in [-0.4, -0.2) is 30.1 Å². The molecule has 0 saturated heterocycles. The molecule has 0 amide bonds. The fraction of sp³-hybridized carbons (Fsp3) is 0.545. The first-order valence-corrected chi connectivity index (χ1v) is 5.72. The summed E-state index contributed by atoms with van der Waals surface area (Å²) >= 11 is 0. The van der Waals surface area contributed by atoms with Gasteiger partial charge in [0.05, 0.1) is 12.3 Å². The molecule has 0 spiro atoms. The van der Waals surface area contributed by atoms with E-state index in [1.165, 1.54) is 6.07 Å². The molecule has 1 fully saturated rings. The highest BCUT2D eigenvalue weighted by molar-refractivity contribution is 5.89. The molecule has 0 bridgehead atoms. The highest BCUT2D eigenvalue weighted by Gasteiger charge is 2.30. The van der Waals surface area contributed by atoms with Crippen LogP contribution in [0, 0.1) is 0 Å². The van der Waals surface area contributed by atoms with Crippen molar-refractivity contribution in [2.75, 3.05) is 18.9 Å². The van der Waals surface area contributed by atoms with E-state index in [2.05, 4.69) is 4.74 Å². The van der Waals surface area contributed by atoms with Crippen LogP contribution in [0.25, 0.3) is 0 Å². The van der Waals surface area contributed by atoms with Gasteiger partial charge in [-0.05, 0) is 18.9 Å². The van der Waals surface area contributed by atoms with Crippen molar-refractivity contribution < 1.29 is 27.4 Å². The van der Waals surface area contributed by atoms with Crippen LogP contribution in [0.5, 0.6) is 0 Å². The molecule has 1 aliphatic carbocycles. The molecular formula is C11H13F3N2O3. The average molecular weight is 278 g/mol. The van der Waals surface area contributed by atoms with E-state index in [0.29, 0.717) is 5.69 Å². The number of carbonyl (C=O) groups excluding carboxylic acids is 1. The van der Waals surface area contributed by atoms with E-state index in [1.54, 1.807) is 10.8 Å². The van der Waals surface area contributed by atoms with E-state index in [1.807, 2.05) is 0 Å². The number of esters is 1. The number of nitrogen functional groups attached to an aromatic ring is 1. The average Bonchev–Trinajstić information content (AvgIpc) is 3.06. The van der Waals surface area contributed by atoms with Crippen LogP contribution >= 0.6 is 0 Å². The fourth-order valence-electron chi connectivity index (χ4n) is 1.68. The lowest BCUT2D eigenvalue weighted by Crippen LogP contribution is -2.19. The minimum Gasteiger partial charge on any atom is -0.459 e. The van der Waals surface area contributed by atoms with E-state index >= 15 is 0 Å². The minimum atomic E-state index is -4.72. The molecule has 1 aromatic heterocycles. The number of alkyl halides is 3. The first-order chi connectivity index (χ1) is 8.87. The van der Waals surface area contributed by atoms with Crippen LogP contribution in [0.15, 0.2) is 12.3 Å². The summed E-state index contributed by atoms with van der Waals surface area (Å²) in [4.78, 5) is 11.7. The summed E-state index contributed by atoms with van der Waals surface area (Å²) in [6.45, 7) is -1.19. The number of aromatic nitrogens is 1. The number of carbonyl (C=O) groups is 1. The van der Waals surface area contributed by atoms with Gasteiger partial charge in [-0.1, -0.05) is 0 Å². The maximum atomic E-state index is 11.7. The van der Waals surface area contributed by atoms with Crippen molar-refractivity contribution in [2.45, 2.75) is 25.2 Å². The van der Waals surface area contributed by atoms with Crippen LogP contribution in [0.3, 0.4) is 0 Å². The van der Waals surface area contributed by atoms with Gasteiger partial charge in [0.15, 0.2) is 0 Å². The molecule has 0 aliphatic heterocycles. The molecule has 1 saturated carbocycles. The standard InChI is InChI=1S/C11H13F3N2O3/c12-11(13,14)19-4-3-18-10(17)9-5-7(15)6-16(9)8-1-2-8/h5-6,8H,1-4,15H2. The van der Waals surface area contributed by atoms with Crippen molar-refractivity contribution in [2.24, 2.45) is 0 Å². The van der Waals surface area contributed by atoms with Gasteiger partial charge in [-0.25, -0.2) is 4.79 Å². The van der Waals surface area contributed by atoms with E-state index in [9.17, 15) is 18.0 Å². The smallest absolute Gasteiger partial charge is 0.459 e. The molecule has 106 valence electrons. The lowest BCUT2D eigenvalue weighted by molar-refractivity contribution is -0.326. The SMILES string of the molecule is Nc1cc(C(=O)OCCOC(F)(F)F)n(C2CC2)c1. The van der Waals surface area contributed by atoms with Crippen LogP contribution in [-0.2, 0) is 9.47 Å². The number of hydrogen-bond donors (Lipinski definition) is 1. The number of halogens is 3. The molecule has 19 heavy (non-hydrogen) atoms. The molecule has 2 rings (SSSR count). The number of ether oxygens (including phenoxy) is 2. The Bertz CT molecular complexity index is 466. The summed E-state index contributed by atoms with van der Waals surface area (Å²) in [7, 11) is 0. The van der Waals surface area contributed by atoms with Gasteiger partial charge in [0, 0.05) is 12.2 Å². The number of rotatable bonds is 5. The summed E-state index contributed by atoms with van der Waals surface area (Å²) in [5.74, 6) is -0.700. The molecule has 1 heterocycles. The fourth-order valence-corrected chi connectivity index (χ4v) is 1.68. The Kier molecular flexibility index (Phi) is 3.70. The second-order valence-electron chi connectivity index (χ2n) is 4.23. The first-order valence-electron chi connectivity index (χ1n) is 5.72. The largest absolute Gasteiger partial charge is 0.522 e. The molecule has 2 N–H and O–H groups in total. The zero-order valence-corrected chi connectivity index (χ0v) is 9.94. The summed E-state index contributed by atoms with van der Waals surface area (Å²) < 4.78 is 45.0. The predicted molar refractivity (Wildman–Crippen MR) is 59.4 cm³/mol. The third kappa shape index (κ3) is 3.88. The Balaban J connectivity index is 1.86. The van der Waals surface area contributed by atoms with E-state index in [4.69, 9.17) is 10.5 Å². The lowest BCUT2D eigenvalue weighted by atomic mass is 10.4. The third-order valence-electron chi connectivity index (χ3n) is 2.60. The van der Waals surface area contributed by atoms with Crippen molar-refractivity contribution >= 4 is 11.7 Å². The summed E-state index contributed by atoms with van der Waals surface area (Å²) in [6, 6.07) is 1.68. The van der Waals surface area contributed by atoms with Gasteiger partial charge in [0.2, 0.25) is 0 Å². The zero-order valence-electron chi connectivity index (χ0n) is 9.94. The normalized spacial score (nSPS) is 15.5. The van der Waals surface area contributed by atoms with Gasteiger partial charge >= 0.3 is 12.3 Å². The first kappa shape index (κ1) is 13.7. The summed E-state index contributed by atoms with van der Waals surface area (Å²) in [5, 5.41) is 0. The summed E-state index contributed by atoms with van der Waals surface area (Å²) in [5.41, 5.74) is 6.27. The number of nitrogens with zero attached hydrogens (tertiary/aromatic N) is 1. The molecular weight excluding hydrogens is 265 g/mol. The molecule has 1 aromatic rings. The van der Waals surface area contributed by atoms with E-state index < -0.39 is 25.5 Å². The highest BCUT2D eigenvalue weighted by Crippen LogP contribution is 2.37. The van der Waals surface area contributed by atoms with Crippen molar-refractivity contribution in [3.8, 4) is 0 Å². The topological polar surface area (TPSA) is 66.5 Å². The highest BCUT2D eigenvalue weighted by atomic mass is 19.4. The Labute approximate surface area is 107 Å². The Morgan fingerprint density at radius 3 is 2.68 bits per heavy atom. The molecule has 8 heteroatoms. The van der Waals surface area contributed by atoms with Crippen LogP contribution in [0.1, 0.15) is 29.4 Å². The number of nitrogens with two attached hydrogens (primary N) is 1. The molecule has 0 radical (unpaired) electrons. The van der Waals surface area contributed by atoms with Crippen molar-refractivity contribution in [3.63, 3.8) is 0 Å². The quantitative estimate of drug-likeness (QED) is 0.661. The van der Waals surface area contributed by atoms with Crippen LogP contribution < -0.4 is 5.73 Å². The molecule has 0 unspecified atom stereocenters. The zero-order chi connectivity index (χ0) is 14.0. The minimum absolute atomic E-state index is 0.228. The number of anilines is 1. The van der Waals surface area contributed by atoms with Crippen molar-refractivity contribution in [1.29, 1.82) is 0 Å². The van der Waals surface area contributed by atoms with Crippen molar-refractivity contribution in [3.05, 3.63) is 18.0 Å². The Morgan fingerprint density at radius 2 is 2.11 bits per heavy atom. The van der Waals surface area contributed by atoms with E-state index in [-0.39, 0.29) is 11.7 Å². The maximum absolute atomic E-state index is 11.7. The molecule has 5 nitrogen and oxygen atoms in total. The van der Waals surface area contributed by atoms with E-state index in [0.717, 1.165) is 12.8 Å². The number of hydrogen-bond acceptors (Lipinski definition) is 4.